The van der Waals surface area contributed by atoms with Crippen molar-refractivity contribution in [2.24, 2.45) is 0 Å². The molecule has 3 heterocycles. The van der Waals surface area contributed by atoms with E-state index in [4.69, 9.17) is 4.52 Å². The molecule has 1 saturated heterocycles. The van der Waals surface area contributed by atoms with Gasteiger partial charge in [-0.25, -0.2) is 8.42 Å². The fourth-order valence-electron chi connectivity index (χ4n) is 2.66. The molecule has 1 fully saturated rings. The van der Waals surface area contributed by atoms with Crippen LogP contribution in [0.15, 0.2) is 51.2 Å². The zero-order valence-corrected chi connectivity index (χ0v) is 15.6. The smallest absolute Gasteiger partial charge is 0.406 e. The Morgan fingerprint density at radius 2 is 1.89 bits per heavy atom. The quantitative estimate of drug-likeness (QED) is 0.615. The molecule has 1 aliphatic rings. The second-order valence-electron chi connectivity index (χ2n) is 5.97. The van der Waals surface area contributed by atoms with E-state index in [0.29, 0.717) is 11.7 Å². The van der Waals surface area contributed by atoms with E-state index in [2.05, 4.69) is 14.9 Å². The number of benzene rings is 1. The molecular formula is C16H12F3N3O4S2. The number of rotatable bonds is 5. The maximum atomic E-state index is 12.6. The van der Waals surface area contributed by atoms with Gasteiger partial charge in [-0.3, -0.25) is 0 Å². The Hall–Kier alpha value is -2.44. The predicted molar refractivity (Wildman–Crippen MR) is 92.2 cm³/mol. The number of ether oxygens (including phenoxy) is 1. The zero-order valence-electron chi connectivity index (χ0n) is 14.0. The summed E-state index contributed by atoms with van der Waals surface area (Å²) < 4.78 is 71.9. The minimum absolute atomic E-state index is 0.120. The second-order valence-corrected chi connectivity index (χ2v) is 8.86. The molecule has 0 saturated carbocycles. The van der Waals surface area contributed by atoms with Crippen LogP contribution in [-0.4, -0.2) is 42.3 Å². The van der Waals surface area contributed by atoms with Gasteiger partial charge in [0.25, 0.3) is 0 Å². The van der Waals surface area contributed by atoms with Crippen LogP contribution in [-0.2, 0) is 10.0 Å². The highest BCUT2D eigenvalue weighted by Gasteiger charge is 2.40. The summed E-state index contributed by atoms with van der Waals surface area (Å²) in [6, 6.07) is 7.78. The van der Waals surface area contributed by atoms with Gasteiger partial charge in [0, 0.05) is 13.1 Å². The third-order valence-corrected chi connectivity index (χ3v) is 6.79. The summed E-state index contributed by atoms with van der Waals surface area (Å²) in [5.41, 5.74) is 0. The zero-order chi connectivity index (χ0) is 19.9. The van der Waals surface area contributed by atoms with E-state index >= 15 is 0 Å². The van der Waals surface area contributed by atoms with Crippen molar-refractivity contribution in [3.05, 3.63) is 47.7 Å². The highest BCUT2D eigenvalue weighted by atomic mass is 32.2. The molecule has 0 amide bonds. The van der Waals surface area contributed by atoms with Gasteiger partial charge in [-0.2, -0.15) is 9.29 Å². The van der Waals surface area contributed by atoms with E-state index in [-0.39, 0.29) is 23.9 Å². The summed E-state index contributed by atoms with van der Waals surface area (Å²) >= 11 is 1.46. The van der Waals surface area contributed by atoms with Crippen molar-refractivity contribution in [2.45, 2.75) is 17.2 Å². The Kier molecular flexibility index (Phi) is 4.63. The van der Waals surface area contributed by atoms with Crippen molar-refractivity contribution >= 4 is 21.4 Å². The molecule has 0 bridgehead atoms. The average Bonchev–Trinajstić information content (AvgIpc) is 3.23. The van der Waals surface area contributed by atoms with E-state index < -0.39 is 22.1 Å². The number of aromatic nitrogens is 2. The molecule has 12 heteroatoms. The SMILES string of the molecule is O=S(=O)(c1ccc(OC(F)(F)F)cc1)N1CC(c2nc(-c3cccs3)no2)C1. The van der Waals surface area contributed by atoms with Crippen LogP contribution in [0, 0.1) is 0 Å². The van der Waals surface area contributed by atoms with Crippen LogP contribution >= 0.6 is 11.3 Å². The van der Waals surface area contributed by atoms with Gasteiger partial charge in [-0.1, -0.05) is 11.2 Å². The lowest BCUT2D eigenvalue weighted by molar-refractivity contribution is -0.274. The van der Waals surface area contributed by atoms with Crippen LogP contribution in [0.1, 0.15) is 11.8 Å². The molecule has 2 aromatic heterocycles. The molecule has 4 rings (SSSR count). The number of thiophene rings is 1. The lowest BCUT2D eigenvalue weighted by atomic mass is 10.0. The minimum atomic E-state index is -4.84. The number of nitrogens with zero attached hydrogens (tertiary/aromatic N) is 3. The Morgan fingerprint density at radius 3 is 2.50 bits per heavy atom. The molecule has 3 aromatic rings. The van der Waals surface area contributed by atoms with Gasteiger partial charge in [0.15, 0.2) is 0 Å². The fraction of sp³-hybridized carbons (Fsp3) is 0.250. The van der Waals surface area contributed by atoms with E-state index in [1.54, 1.807) is 0 Å². The second kappa shape index (κ2) is 6.87. The van der Waals surface area contributed by atoms with Gasteiger partial charge in [0.05, 0.1) is 15.7 Å². The monoisotopic (exact) mass is 431 g/mol. The van der Waals surface area contributed by atoms with Gasteiger partial charge < -0.3 is 9.26 Å². The summed E-state index contributed by atoms with van der Waals surface area (Å²) in [5.74, 6) is 0.0825. The van der Waals surface area contributed by atoms with Gasteiger partial charge >= 0.3 is 6.36 Å². The molecule has 7 nitrogen and oxygen atoms in total. The van der Waals surface area contributed by atoms with E-state index in [1.165, 1.54) is 15.6 Å². The van der Waals surface area contributed by atoms with Gasteiger partial charge in [0.2, 0.25) is 21.7 Å². The molecule has 0 unspecified atom stereocenters. The maximum absolute atomic E-state index is 12.6. The van der Waals surface area contributed by atoms with Crippen LogP contribution in [0.2, 0.25) is 0 Å². The first-order valence-electron chi connectivity index (χ1n) is 7.96. The first-order chi connectivity index (χ1) is 13.2. The Balaban J connectivity index is 1.42. The standard InChI is InChI=1S/C16H12F3N3O4S2/c17-16(18,19)25-11-3-5-12(6-4-11)28(23,24)22-8-10(9-22)15-20-14(21-26-15)13-2-1-7-27-13/h1-7,10H,8-9H2. The highest BCUT2D eigenvalue weighted by Crippen LogP contribution is 2.33. The van der Waals surface area contributed by atoms with Gasteiger partial charge in [-0.15, -0.1) is 24.5 Å². The summed E-state index contributed by atoms with van der Waals surface area (Å²) in [6.45, 7) is 0.296. The van der Waals surface area contributed by atoms with Gasteiger partial charge in [0.1, 0.15) is 5.75 Å². The molecule has 0 atom stereocenters. The first-order valence-corrected chi connectivity index (χ1v) is 10.3. The minimum Gasteiger partial charge on any atom is -0.406 e. The lowest BCUT2D eigenvalue weighted by Crippen LogP contribution is -2.48. The number of halogens is 3. The largest absolute Gasteiger partial charge is 0.573 e. The molecule has 148 valence electrons. The number of alkyl halides is 3. The molecule has 0 N–H and O–H groups in total. The molecule has 0 aliphatic carbocycles. The van der Waals surface area contributed by atoms with Gasteiger partial charge in [-0.05, 0) is 35.7 Å². The van der Waals surface area contributed by atoms with E-state index in [0.717, 1.165) is 29.1 Å². The Bertz CT molecular complexity index is 1060. The first kappa shape index (κ1) is 18.9. The van der Waals surface area contributed by atoms with Crippen LogP contribution in [0.3, 0.4) is 0 Å². The molecule has 0 radical (unpaired) electrons. The van der Waals surface area contributed by atoms with Crippen LogP contribution in [0.5, 0.6) is 5.75 Å². The molecule has 0 spiro atoms. The Morgan fingerprint density at radius 1 is 1.18 bits per heavy atom. The van der Waals surface area contributed by atoms with E-state index in [1.807, 2.05) is 17.5 Å². The highest BCUT2D eigenvalue weighted by molar-refractivity contribution is 7.89. The molecule has 1 aromatic carbocycles. The summed E-state index contributed by atoms with van der Waals surface area (Å²) in [7, 11) is -3.83. The number of sulfonamides is 1. The van der Waals surface area contributed by atoms with Crippen molar-refractivity contribution in [3.63, 3.8) is 0 Å². The van der Waals surface area contributed by atoms with Crippen molar-refractivity contribution < 1.29 is 30.8 Å². The molecule has 28 heavy (non-hydrogen) atoms. The van der Waals surface area contributed by atoms with E-state index in [9.17, 15) is 21.6 Å². The summed E-state index contributed by atoms with van der Waals surface area (Å²) in [4.78, 5) is 5.02. The van der Waals surface area contributed by atoms with Crippen LogP contribution in [0.25, 0.3) is 10.7 Å². The average molecular weight is 431 g/mol. The maximum Gasteiger partial charge on any atom is 0.573 e. The normalized spacial score (nSPS) is 16.1. The molecular weight excluding hydrogens is 419 g/mol. The van der Waals surface area contributed by atoms with Crippen LogP contribution < -0.4 is 4.74 Å². The third-order valence-electron chi connectivity index (χ3n) is 4.08. The van der Waals surface area contributed by atoms with Crippen molar-refractivity contribution in [3.8, 4) is 16.5 Å². The lowest BCUT2D eigenvalue weighted by Gasteiger charge is -2.35. The van der Waals surface area contributed by atoms with Crippen LogP contribution in [0.4, 0.5) is 13.2 Å². The summed E-state index contributed by atoms with van der Waals surface area (Å²) in [6.07, 6.45) is -4.84. The third kappa shape index (κ3) is 3.75. The Labute approximate surface area is 161 Å². The summed E-state index contributed by atoms with van der Waals surface area (Å²) in [5, 5.41) is 5.78. The number of hydrogen-bond donors (Lipinski definition) is 0. The topological polar surface area (TPSA) is 85.5 Å². The predicted octanol–water partition coefficient (Wildman–Crippen LogP) is 3.48. The van der Waals surface area contributed by atoms with Crippen molar-refractivity contribution in [1.29, 1.82) is 0 Å². The van der Waals surface area contributed by atoms with Crippen molar-refractivity contribution in [1.82, 2.24) is 14.4 Å². The number of hydrogen-bond acceptors (Lipinski definition) is 7. The van der Waals surface area contributed by atoms with Crippen molar-refractivity contribution in [2.75, 3.05) is 13.1 Å². The fourth-order valence-corrected chi connectivity index (χ4v) is 4.84. The molecule has 1 aliphatic heterocycles.